The van der Waals surface area contributed by atoms with E-state index in [-0.39, 0.29) is 5.97 Å². The lowest BCUT2D eigenvalue weighted by molar-refractivity contribution is 0.0501. The van der Waals surface area contributed by atoms with E-state index < -0.39 is 0 Å². The average Bonchev–Trinajstić information content (AvgIpc) is 2.27. The van der Waals surface area contributed by atoms with E-state index >= 15 is 0 Å². The van der Waals surface area contributed by atoms with Crippen molar-refractivity contribution < 1.29 is 9.53 Å². The maximum absolute atomic E-state index is 11.7. The number of carbonyl (C=O) groups excluding carboxylic acids is 1. The minimum absolute atomic E-state index is 0.228. The molecule has 0 fully saturated rings. The fourth-order valence-corrected chi connectivity index (χ4v) is 2.60. The lowest BCUT2D eigenvalue weighted by atomic mass is 10.2. The van der Waals surface area contributed by atoms with Crippen LogP contribution in [-0.4, -0.2) is 18.8 Å². The van der Waals surface area contributed by atoms with Crippen molar-refractivity contribution in [1.29, 1.82) is 0 Å². The Labute approximate surface area is 98.2 Å². The summed E-state index contributed by atoms with van der Waals surface area (Å²) in [4.78, 5) is 12.6. The number of hydrogen-bond donors (Lipinski definition) is 0. The third-order valence-electron chi connectivity index (χ3n) is 1.72. The lowest BCUT2D eigenvalue weighted by Gasteiger charge is -2.06. The second-order valence-corrected chi connectivity index (χ2v) is 5.32. The first-order valence-electron chi connectivity index (χ1n) is 4.76. The molecule has 0 aromatic heterocycles. The summed E-state index contributed by atoms with van der Waals surface area (Å²) in [7, 11) is 3.20. The lowest BCUT2D eigenvalue weighted by Crippen LogP contribution is -2.06. The van der Waals surface area contributed by atoms with Gasteiger partial charge in [-0.15, -0.1) is 0 Å². The minimum Gasteiger partial charge on any atom is -0.462 e. The maximum atomic E-state index is 11.7. The Morgan fingerprint density at radius 2 is 2.13 bits per heavy atom. The molecule has 4 heteroatoms. The van der Waals surface area contributed by atoms with Gasteiger partial charge in [-0.3, -0.25) is 0 Å². The monoisotopic (exact) mass is 242 g/mol. The van der Waals surface area contributed by atoms with Gasteiger partial charge in [-0.05, 0) is 24.8 Å². The summed E-state index contributed by atoms with van der Waals surface area (Å²) in [6.45, 7) is 2.47. The van der Waals surface area contributed by atoms with Crippen LogP contribution in [0.5, 0.6) is 0 Å². The van der Waals surface area contributed by atoms with Crippen molar-refractivity contribution in [2.45, 2.75) is 18.2 Å². The fourth-order valence-electron chi connectivity index (χ4n) is 1.07. The van der Waals surface area contributed by atoms with Crippen molar-refractivity contribution in [2.24, 2.45) is 0 Å². The van der Waals surface area contributed by atoms with Crippen molar-refractivity contribution in [3.8, 4) is 0 Å². The molecule has 1 aromatic rings. The fraction of sp³-hybridized carbons (Fsp3) is 0.364. The first kappa shape index (κ1) is 12.5. The number of carbonyl (C=O) groups is 1. The third-order valence-corrected chi connectivity index (χ3v) is 3.46. The van der Waals surface area contributed by atoms with Crippen LogP contribution in [-0.2, 0) is 4.74 Å². The zero-order valence-electron chi connectivity index (χ0n) is 8.86. The zero-order valence-corrected chi connectivity index (χ0v) is 10.5. The highest BCUT2D eigenvalue weighted by molar-refractivity contribution is 8.76. The molecule has 0 N–H and O–H groups in total. The van der Waals surface area contributed by atoms with Crippen LogP contribution in [0.15, 0.2) is 29.2 Å². The van der Waals surface area contributed by atoms with E-state index in [0.29, 0.717) is 12.2 Å². The van der Waals surface area contributed by atoms with Gasteiger partial charge in [0.1, 0.15) is 0 Å². The predicted molar refractivity (Wildman–Crippen MR) is 66.4 cm³/mol. The van der Waals surface area contributed by atoms with Gasteiger partial charge in [0.05, 0.1) is 12.2 Å². The van der Waals surface area contributed by atoms with Gasteiger partial charge >= 0.3 is 5.97 Å². The topological polar surface area (TPSA) is 26.3 Å². The predicted octanol–water partition coefficient (Wildman–Crippen LogP) is 3.62. The molecule has 82 valence electrons. The van der Waals surface area contributed by atoms with Crippen LogP contribution in [0.2, 0.25) is 0 Å². The van der Waals surface area contributed by atoms with Gasteiger partial charge in [0.15, 0.2) is 0 Å². The Kier molecular flexibility index (Phi) is 5.65. The molecule has 0 spiro atoms. The smallest absolute Gasteiger partial charge is 0.339 e. The molecular weight excluding hydrogens is 228 g/mol. The molecule has 0 heterocycles. The maximum Gasteiger partial charge on any atom is 0.339 e. The van der Waals surface area contributed by atoms with Gasteiger partial charge in [0.2, 0.25) is 0 Å². The molecule has 0 amide bonds. The summed E-state index contributed by atoms with van der Waals surface area (Å²) in [5.74, 6) is -0.228. The van der Waals surface area contributed by atoms with E-state index in [1.165, 1.54) is 0 Å². The third kappa shape index (κ3) is 3.80. The highest BCUT2D eigenvalue weighted by Gasteiger charge is 2.11. The molecule has 15 heavy (non-hydrogen) atoms. The number of esters is 1. The van der Waals surface area contributed by atoms with E-state index in [1.54, 1.807) is 27.7 Å². The molecule has 0 aliphatic rings. The number of hydrogen-bond acceptors (Lipinski definition) is 4. The van der Waals surface area contributed by atoms with Crippen LogP contribution in [0.1, 0.15) is 23.7 Å². The van der Waals surface area contributed by atoms with Crippen LogP contribution in [0.3, 0.4) is 0 Å². The van der Waals surface area contributed by atoms with Crippen LogP contribution in [0, 0.1) is 0 Å². The van der Waals surface area contributed by atoms with Gasteiger partial charge < -0.3 is 4.74 Å². The highest BCUT2D eigenvalue weighted by Crippen LogP contribution is 2.31. The second-order valence-electron chi connectivity index (χ2n) is 2.88. The van der Waals surface area contributed by atoms with Gasteiger partial charge in [0.25, 0.3) is 0 Å². The quantitative estimate of drug-likeness (QED) is 0.582. The summed E-state index contributed by atoms with van der Waals surface area (Å²) in [6, 6.07) is 7.52. The van der Waals surface area contributed by atoms with E-state index in [2.05, 4.69) is 0 Å². The van der Waals surface area contributed by atoms with E-state index in [1.807, 2.05) is 31.4 Å². The molecule has 0 aliphatic carbocycles. The summed E-state index contributed by atoms with van der Waals surface area (Å²) in [5, 5.41) is 0. The summed E-state index contributed by atoms with van der Waals surface area (Å²) >= 11 is 0. The molecule has 1 rings (SSSR count). The zero-order chi connectivity index (χ0) is 11.1. The van der Waals surface area contributed by atoms with Crippen molar-refractivity contribution in [1.82, 2.24) is 0 Å². The SMILES string of the molecule is CCCOC(=O)c1ccccc1SSC. The van der Waals surface area contributed by atoms with E-state index in [9.17, 15) is 4.79 Å². The van der Waals surface area contributed by atoms with E-state index in [0.717, 1.165) is 11.3 Å². The molecule has 0 radical (unpaired) electrons. The van der Waals surface area contributed by atoms with Gasteiger partial charge in [-0.2, -0.15) is 0 Å². The average molecular weight is 242 g/mol. The Balaban J connectivity index is 2.77. The molecule has 0 saturated heterocycles. The molecular formula is C11H14O2S2. The molecule has 0 atom stereocenters. The number of benzene rings is 1. The van der Waals surface area contributed by atoms with Crippen molar-refractivity contribution in [3.05, 3.63) is 29.8 Å². The second kappa shape index (κ2) is 6.80. The Morgan fingerprint density at radius 3 is 2.80 bits per heavy atom. The van der Waals surface area contributed by atoms with E-state index in [4.69, 9.17) is 4.74 Å². The molecule has 0 aliphatic heterocycles. The van der Waals surface area contributed by atoms with Crippen molar-refractivity contribution in [3.63, 3.8) is 0 Å². The highest BCUT2D eigenvalue weighted by atomic mass is 33.1. The van der Waals surface area contributed by atoms with Crippen molar-refractivity contribution >= 4 is 27.6 Å². The summed E-state index contributed by atoms with van der Waals surface area (Å²) in [5.41, 5.74) is 0.658. The van der Waals surface area contributed by atoms with Gasteiger partial charge in [-0.1, -0.05) is 40.6 Å². The largest absolute Gasteiger partial charge is 0.462 e. The van der Waals surface area contributed by atoms with Crippen molar-refractivity contribution in [2.75, 3.05) is 12.9 Å². The standard InChI is InChI=1S/C11H14O2S2/c1-3-8-13-11(12)9-6-4-5-7-10(9)15-14-2/h4-7H,3,8H2,1-2H3. The molecule has 0 unspecified atom stereocenters. The Hall–Kier alpha value is -0.610. The Bertz CT molecular complexity index is 326. The number of rotatable bonds is 5. The summed E-state index contributed by atoms with van der Waals surface area (Å²) < 4.78 is 5.10. The van der Waals surface area contributed by atoms with Gasteiger partial charge in [-0.25, -0.2) is 4.79 Å². The van der Waals surface area contributed by atoms with Crippen LogP contribution in [0.4, 0.5) is 0 Å². The molecule has 0 saturated carbocycles. The molecule has 1 aromatic carbocycles. The minimum atomic E-state index is -0.228. The van der Waals surface area contributed by atoms with Crippen LogP contribution in [0.25, 0.3) is 0 Å². The summed E-state index contributed by atoms with van der Waals surface area (Å²) in [6.07, 6.45) is 2.84. The molecule has 2 nitrogen and oxygen atoms in total. The van der Waals surface area contributed by atoms with Crippen LogP contribution >= 0.6 is 21.6 Å². The van der Waals surface area contributed by atoms with Gasteiger partial charge in [0, 0.05) is 4.90 Å². The number of ether oxygens (including phenoxy) is 1. The Morgan fingerprint density at radius 1 is 1.40 bits per heavy atom. The van der Waals surface area contributed by atoms with Crippen LogP contribution < -0.4 is 0 Å². The normalized spacial score (nSPS) is 10.0. The first-order chi connectivity index (χ1) is 7.29. The molecule has 0 bridgehead atoms. The first-order valence-corrected chi connectivity index (χ1v) is 7.32.